The lowest BCUT2D eigenvalue weighted by molar-refractivity contribution is 0.0726. The van der Waals surface area contributed by atoms with Crippen molar-refractivity contribution < 1.29 is 9.18 Å². The molecule has 0 bridgehead atoms. The lowest BCUT2D eigenvalue weighted by Gasteiger charge is -2.41. The summed E-state index contributed by atoms with van der Waals surface area (Å²) in [5.41, 5.74) is 3.62. The van der Waals surface area contributed by atoms with Crippen LogP contribution in [-0.2, 0) is 0 Å². The van der Waals surface area contributed by atoms with E-state index in [0.717, 1.165) is 6.54 Å². The van der Waals surface area contributed by atoms with E-state index >= 15 is 0 Å². The summed E-state index contributed by atoms with van der Waals surface area (Å²) in [6.45, 7) is 6.26. The number of rotatable bonds is 4. The minimum Gasteiger partial charge on any atom is -0.365 e. The first-order valence-electron chi connectivity index (χ1n) is 11.1. The number of nitrogens with zero attached hydrogens (tertiary/aromatic N) is 5. The summed E-state index contributed by atoms with van der Waals surface area (Å²) in [4.78, 5) is 17.9. The molecule has 168 valence electrons. The first kappa shape index (κ1) is 21.0. The van der Waals surface area contributed by atoms with Gasteiger partial charge in [-0.2, -0.15) is 5.10 Å². The summed E-state index contributed by atoms with van der Waals surface area (Å²) < 4.78 is 17.0. The van der Waals surface area contributed by atoms with Crippen molar-refractivity contribution >= 4 is 11.6 Å². The number of aromatic nitrogens is 3. The number of benzene rings is 2. The minimum atomic E-state index is -0.315. The topological polar surface area (TPSA) is 46.3 Å². The van der Waals surface area contributed by atoms with Crippen molar-refractivity contribution in [2.45, 2.75) is 19.9 Å². The fourth-order valence-corrected chi connectivity index (χ4v) is 4.49. The van der Waals surface area contributed by atoms with Gasteiger partial charge in [-0.3, -0.25) is 4.79 Å². The molecule has 1 saturated heterocycles. The summed E-state index contributed by atoms with van der Waals surface area (Å²) in [5, 5.41) is 4.49. The van der Waals surface area contributed by atoms with Crippen LogP contribution in [0.25, 0.3) is 11.5 Å². The summed E-state index contributed by atoms with van der Waals surface area (Å²) in [7, 11) is 0. The van der Waals surface area contributed by atoms with Crippen molar-refractivity contribution in [2.24, 2.45) is 0 Å². The van der Waals surface area contributed by atoms with Crippen LogP contribution in [0.3, 0.4) is 0 Å². The van der Waals surface area contributed by atoms with E-state index in [0.29, 0.717) is 30.2 Å². The average Bonchev–Trinajstić information content (AvgIpc) is 3.49. The van der Waals surface area contributed by atoms with Crippen molar-refractivity contribution in [3.05, 3.63) is 96.2 Å². The van der Waals surface area contributed by atoms with Gasteiger partial charge in [0.1, 0.15) is 11.4 Å². The monoisotopic (exact) mass is 443 g/mol. The molecule has 0 radical (unpaired) electrons. The van der Waals surface area contributed by atoms with Crippen LogP contribution in [0.2, 0.25) is 0 Å². The maximum Gasteiger partial charge on any atom is 0.259 e. The van der Waals surface area contributed by atoms with Gasteiger partial charge in [-0.1, -0.05) is 12.1 Å². The van der Waals surface area contributed by atoms with Gasteiger partial charge in [0.05, 0.1) is 11.9 Å². The second-order valence-electron chi connectivity index (χ2n) is 8.49. The van der Waals surface area contributed by atoms with Crippen LogP contribution in [0.5, 0.6) is 0 Å². The van der Waals surface area contributed by atoms with Gasteiger partial charge in [0.25, 0.3) is 5.91 Å². The molecule has 2 aromatic heterocycles. The molecule has 1 atom stereocenters. The van der Waals surface area contributed by atoms with Crippen LogP contribution in [0.4, 0.5) is 10.1 Å². The minimum absolute atomic E-state index is 0.0530. The lowest BCUT2D eigenvalue weighted by atomic mass is 10.1. The van der Waals surface area contributed by atoms with E-state index < -0.39 is 0 Å². The van der Waals surface area contributed by atoms with Crippen LogP contribution < -0.4 is 4.90 Å². The van der Waals surface area contributed by atoms with E-state index in [-0.39, 0.29) is 17.8 Å². The Morgan fingerprint density at radius 1 is 1.00 bits per heavy atom. The number of amides is 1. The van der Waals surface area contributed by atoms with E-state index in [4.69, 9.17) is 0 Å². The third kappa shape index (κ3) is 4.02. The maximum absolute atomic E-state index is 13.6. The summed E-state index contributed by atoms with van der Waals surface area (Å²) >= 11 is 0. The van der Waals surface area contributed by atoms with Gasteiger partial charge in [-0.15, -0.1) is 0 Å². The molecule has 3 heterocycles. The zero-order valence-corrected chi connectivity index (χ0v) is 18.7. The zero-order chi connectivity index (χ0) is 22.9. The maximum atomic E-state index is 13.6. The highest BCUT2D eigenvalue weighted by Crippen LogP contribution is 2.25. The second kappa shape index (κ2) is 8.58. The van der Waals surface area contributed by atoms with Gasteiger partial charge in [-0.25, -0.2) is 9.07 Å². The SMILES string of the molecule is Cc1cccc(N2CCN(C(=O)c3cnn(-c4ccc(F)cc4)c3-n3cccc3)C[C@@H]2C)c1. The fraction of sp³-hybridized carbons (Fsp3) is 0.231. The van der Waals surface area contributed by atoms with Crippen LogP contribution in [0.1, 0.15) is 22.8 Å². The Labute approximate surface area is 192 Å². The van der Waals surface area contributed by atoms with Gasteiger partial charge in [0.2, 0.25) is 0 Å². The standard InChI is InChI=1S/C26H26FN5O/c1-19-6-5-7-23(16-19)31-15-14-30(18-20(31)2)26(33)24-17-28-32(22-10-8-21(27)9-11-22)25(24)29-12-3-4-13-29/h3-13,16-17,20H,14-15,18H2,1-2H3/t20-/m0/s1. The van der Waals surface area contributed by atoms with Crippen molar-refractivity contribution in [3.63, 3.8) is 0 Å². The van der Waals surface area contributed by atoms with Gasteiger partial charge in [0.15, 0.2) is 5.82 Å². The van der Waals surface area contributed by atoms with Crippen molar-refractivity contribution in [1.82, 2.24) is 19.2 Å². The quantitative estimate of drug-likeness (QED) is 0.468. The molecular formula is C26H26FN5O. The van der Waals surface area contributed by atoms with Crippen molar-refractivity contribution in [2.75, 3.05) is 24.5 Å². The third-order valence-corrected chi connectivity index (χ3v) is 6.14. The molecule has 2 aromatic carbocycles. The Morgan fingerprint density at radius 3 is 2.45 bits per heavy atom. The van der Waals surface area contributed by atoms with E-state index in [1.165, 1.54) is 23.4 Å². The Kier molecular flexibility index (Phi) is 5.46. The molecule has 4 aromatic rings. The molecule has 1 amide bonds. The lowest BCUT2D eigenvalue weighted by Crippen LogP contribution is -2.53. The average molecular weight is 444 g/mol. The zero-order valence-electron chi connectivity index (χ0n) is 18.7. The molecule has 6 nitrogen and oxygen atoms in total. The normalized spacial score (nSPS) is 16.3. The number of hydrogen-bond acceptors (Lipinski definition) is 3. The van der Waals surface area contributed by atoms with Gasteiger partial charge < -0.3 is 14.4 Å². The van der Waals surface area contributed by atoms with Crippen LogP contribution in [-0.4, -0.2) is 50.8 Å². The van der Waals surface area contributed by atoms with Gasteiger partial charge >= 0.3 is 0 Å². The number of carbonyl (C=O) groups excluding carboxylic acids is 1. The summed E-state index contributed by atoms with van der Waals surface area (Å²) in [6, 6.07) is 18.6. The van der Waals surface area contributed by atoms with Crippen molar-refractivity contribution in [3.8, 4) is 11.5 Å². The first-order chi connectivity index (χ1) is 16.0. The highest BCUT2D eigenvalue weighted by molar-refractivity contribution is 5.97. The number of anilines is 1. The van der Waals surface area contributed by atoms with E-state index in [1.54, 1.807) is 23.0 Å². The number of hydrogen-bond donors (Lipinski definition) is 0. The molecular weight excluding hydrogens is 417 g/mol. The number of carbonyl (C=O) groups is 1. The van der Waals surface area contributed by atoms with E-state index in [9.17, 15) is 9.18 Å². The molecule has 33 heavy (non-hydrogen) atoms. The van der Waals surface area contributed by atoms with Crippen molar-refractivity contribution in [1.29, 1.82) is 0 Å². The number of halogens is 1. The number of aryl methyl sites for hydroxylation is 1. The van der Waals surface area contributed by atoms with E-state index in [2.05, 4.69) is 48.1 Å². The summed E-state index contributed by atoms with van der Waals surface area (Å²) in [5.74, 6) is 0.276. The first-order valence-corrected chi connectivity index (χ1v) is 11.1. The molecule has 0 spiro atoms. The molecule has 0 saturated carbocycles. The highest BCUT2D eigenvalue weighted by atomic mass is 19.1. The Morgan fingerprint density at radius 2 is 1.76 bits per heavy atom. The molecule has 1 fully saturated rings. The third-order valence-electron chi connectivity index (χ3n) is 6.14. The van der Waals surface area contributed by atoms with Gasteiger partial charge in [0, 0.05) is 43.8 Å². The molecule has 0 unspecified atom stereocenters. The smallest absolute Gasteiger partial charge is 0.259 e. The molecule has 1 aliphatic rings. The highest BCUT2D eigenvalue weighted by Gasteiger charge is 2.30. The molecule has 1 aliphatic heterocycles. The van der Waals surface area contributed by atoms with Crippen LogP contribution in [0.15, 0.2) is 79.3 Å². The molecule has 0 aliphatic carbocycles. The summed E-state index contributed by atoms with van der Waals surface area (Å²) in [6.07, 6.45) is 5.37. The van der Waals surface area contributed by atoms with Crippen LogP contribution >= 0.6 is 0 Å². The molecule has 0 N–H and O–H groups in total. The fourth-order valence-electron chi connectivity index (χ4n) is 4.49. The van der Waals surface area contributed by atoms with Crippen LogP contribution in [0, 0.1) is 12.7 Å². The largest absolute Gasteiger partial charge is 0.365 e. The Bertz CT molecular complexity index is 1260. The van der Waals surface area contributed by atoms with E-state index in [1.807, 2.05) is 34.0 Å². The number of piperazine rings is 1. The Hall–Kier alpha value is -3.87. The second-order valence-corrected chi connectivity index (χ2v) is 8.49. The molecule has 5 rings (SSSR count). The predicted molar refractivity (Wildman–Crippen MR) is 127 cm³/mol. The Balaban J connectivity index is 1.44. The van der Waals surface area contributed by atoms with Gasteiger partial charge in [-0.05, 0) is 67.9 Å². The molecule has 7 heteroatoms. The predicted octanol–water partition coefficient (Wildman–Crippen LogP) is 4.46.